The predicted molar refractivity (Wildman–Crippen MR) is 69.4 cm³/mol. The molecule has 2 rings (SSSR count). The van der Waals surface area contributed by atoms with E-state index in [0.717, 1.165) is 15.9 Å². The van der Waals surface area contributed by atoms with E-state index >= 15 is 0 Å². The van der Waals surface area contributed by atoms with Crippen LogP contribution in [0.2, 0.25) is 0 Å². The fraction of sp³-hybridized carbons (Fsp3) is 0.273. The molecule has 3 nitrogen and oxygen atoms in total. The third kappa shape index (κ3) is 2.86. The highest BCUT2D eigenvalue weighted by atomic mass is 79.9. The molecule has 0 N–H and O–H groups in total. The van der Waals surface area contributed by atoms with E-state index < -0.39 is 0 Å². The first-order valence-corrected chi connectivity index (χ1v) is 6.66. The minimum absolute atomic E-state index is 0.908. The highest BCUT2D eigenvalue weighted by Crippen LogP contribution is 2.23. The molecular weight excluding hydrogens is 286 g/mol. The Balaban J connectivity index is 2.05. The lowest BCUT2D eigenvalue weighted by molar-refractivity contribution is 0.692. The summed E-state index contributed by atoms with van der Waals surface area (Å²) in [6, 6.07) is 4.18. The van der Waals surface area contributed by atoms with Crippen molar-refractivity contribution in [2.24, 2.45) is 7.05 Å². The van der Waals surface area contributed by atoms with Crippen LogP contribution in [-0.4, -0.2) is 14.8 Å². The van der Waals surface area contributed by atoms with Crippen molar-refractivity contribution in [3.05, 3.63) is 40.3 Å². The molecule has 2 aromatic rings. The molecule has 0 radical (unpaired) electrons. The van der Waals surface area contributed by atoms with Crippen LogP contribution in [0.15, 0.2) is 34.0 Å². The molecule has 2 aromatic heterocycles. The van der Waals surface area contributed by atoms with Crippen LogP contribution in [0.1, 0.15) is 11.3 Å². The van der Waals surface area contributed by atoms with Gasteiger partial charge in [-0.15, -0.1) is 11.8 Å². The molecule has 0 fully saturated rings. The van der Waals surface area contributed by atoms with Gasteiger partial charge in [0.1, 0.15) is 0 Å². The van der Waals surface area contributed by atoms with Gasteiger partial charge >= 0.3 is 0 Å². The third-order valence-corrected chi connectivity index (χ3v) is 3.70. The Hall–Kier alpha value is -0.810. The standard InChI is InChI=1S/C11H12BrN3S/c1-8-3-11(15(2)14-8)16-7-9-4-10(12)6-13-5-9/h3-6H,7H2,1-2H3. The van der Waals surface area contributed by atoms with E-state index in [4.69, 9.17) is 0 Å². The lowest BCUT2D eigenvalue weighted by atomic mass is 10.3. The van der Waals surface area contributed by atoms with E-state index in [-0.39, 0.29) is 0 Å². The first-order valence-electron chi connectivity index (χ1n) is 4.88. The molecular formula is C11H12BrN3S. The van der Waals surface area contributed by atoms with E-state index in [1.807, 2.05) is 24.9 Å². The second-order valence-electron chi connectivity index (χ2n) is 3.55. The number of thioether (sulfide) groups is 1. The second-order valence-corrected chi connectivity index (χ2v) is 5.46. The van der Waals surface area contributed by atoms with Crippen molar-refractivity contribution in [1.29, 1.82) is 0 Å². The van der Waals surface area contributed by atoms with Gasteiger partial charge in [0.2, 0.25) is 0 Å². The maximum Gasteiger partial charge on any atom is 0.0942 e. The van der Waals surface area contributed by atoms with Gasteiger partial charge in [-0.3, -0.25) is 9.67 Å². The fourth-order valence-electron chi connectivity index (χ4n) is 1.41. The van der Waals surface area contributed by atoms with Gasteiger partial charge in [0.25, 0.3) is 0 Å². The highest BCUT2D eigenvalue weighted by Gasteiger charge is 2.03. The van der Waals surface area contributed by atoms with Gasteiger partial charge in [-0.2, -0.15) is 5.10 Å². The van der Waals surface area contributed by atoms with Crippen molar-refractivity contribution in [2.75, 3.05) is 0 Å². The zero-order valence-electron chi connectivity index (χ0n) is 9.14. The molecule has 0 aliphatic carbocycles. The van der Waals surface area contributed by atoms with Gasteiger partial charge in [0, 0.05) is 29.7 Å². The molecule has 0 saturated carbocycles. The molecule has 16 heavy (non-hydrogen) atoms. The number of hydrogen-bond acceptors (Lipinski definition) is 3. The number of rotatable bonds is 3. The van der Waals surface area contributed by atoms with Crippen molar-refractivity contribution in [3.8, 4) is 0 Å². The Morgan fingerprint density at radius 3 is 2.81 bits per heavy atom. The molecule has 0 bridgehead atoms. The Labute approximate surface area is 107 Å². The average molecular weight is 298 g/mol. The van der Waals surface area contributed by atoms with E-state index in [9.17, 15) is 0 Å². The molecule has 0 spiro atoms. The maximum atomic E-state index is 4.31. The topological polar surface area (TPSA) is 30.7 Å². The van der Waals surface area contributed by atoms with Crippen LogP contribution in [0, 0.1) is 6.92 Å². The van der Waals surface area contributed by atoms with Crippen LogP contribution in [0.25, 0.3) is 0 Å². The zero-order valence-corrected chi connectivity index (χ0v) is 11.5. The summed E-state index contributed by atoms with van der Waals surface area (Å²) in [6.45, 7) is 2.00. The molecule has 2 heterocycles. The molecule has 0 atom stereocenters. The van der Waals surface area contributed by atoms with Crippen LogP contribution in [0.5, 0.6) is 0 Å². The SMILES string of the molecule is Cc1cc(SCc2cncc(Br)c2)n(C)n1. The van der Waals surface area contributed by atoms with Crippen molar-refractivity contribution in [3.63, 3.8) is 0 Å². The monoisotopic (exact) mass is 297 g/mol. The summed E-state index contributed by atoms with van der Waals surface area (Å²) < 4.78 is 2.93. The Bertz CT molecular complexity index is 496. The number of pyridine rings is 1. The second kappa shape index (κ2) is 5.01. The molecule has 0 aliphatic heterocycles. The van der Waals surface area contributed by atoms with Crippen LogP contribution in [0.4, 0.5) is 0 Å². The lowest BCUT2D eigenvalue weighted by Gasteiger charge is -2.02. The van der Waals surface area contributed by atoms with Crippen molar-refractivity contribution >= 4 is 27.7 Å². The number of nitrogens with zero attached hydrogens (tertiary/aromatic N) is 3. The Morgan fingerprint density at radius 1 is 1.38 bits per heavy atom. The van der Waals surface area contributed by atoms with Crippen LogP contribution in [-0.2, 0) is 12.8 Å². The van der Waals surface area contributed by atoms with E-state index in [2.05, 4.69) is 38.1 Å². The van der Waals surface area contributed by atoms with Gasteiger partial charge in [-0.1, -0.05) is 0 Å². The fourth-order valence-corrected chi connectivity index (χ4v) is 2.78. The minimum atomic E-state index is 0.908. The summed E-state index contributed by atoms with van der Waals surface area (Å²) in [4.78, 5) is 4.14. The quantitative estimate of drug-likeness (QED) is 0.815. The summed E-state index contributed by atoms with van der Waals surface area (Å²) in [5.41, 5.74) is 2.26. The van der Waals surface area contributed by atoms with Crippen LogP contribution in [0.3, 0.4) is 0 Å². The van der Waals surface area contributed by atoms with Crippen molar-refractivity contribution < 1.29 is 0 Å². The van der Waals surface area contributed by atoms with E-state index in [1.54, 1.807) is 18.0 Å². The summed E-state index contributed by atoms with van der Waals surface area (Å²) in [5.74, 6) is 0.908. The summed E-state index contributed by atoms with van der Waals surface area (Å²) in [5, 5.41) is 5.49. The number of hydrogen-bond donors (Lipinski definition) is 0. The summed E-state index contributed by atoms with van der Waals surface area (Å²) in [7, 11) is 1.97. The summed E-state index contributed by atoms with van der Waals surface area (Å²) >= 11 is 5.19. The van der Waals surface area contributed by atoms with Gasteiger partial charge in [0.15, 0.2) is 0 Å². The molecule has 0 saturated heterocycles. The largest absolute Gasteiger partial charge is 0.263 e. The maximum absolute atomic E-state index is 4.31. The molecule has 0 aliphatic rings. The molecule has 5 heteroatoms. The Morgan fingerprint density at radius 2 is 2.19 bits per heavy atom. The normalized spacial score (nSPS) is 10.7. The lowest BCUT2D eigenvalue weighted by Crippen LogP contribution is -1.92. The Kier molecular flexibility index (Phi) is 3.66. The van der Waals surface area contributed by atoms with Gasteiger partial charge in [-0.25, -0.2) is 0 Å². The van der Waals surface area contributed by atoms with Gasteiger partial charge in [-0.05, 0) is 40.5 Å². The van der Waals surface area contributed by atoms with Crippen molar-refractivity contribution in [2.45, 2.75) is 17.7 Å². The minimum Gasteiger partial charge on any atom is -0.263 e. The van der Waals surface area contributed by atoms with Gasteiger partial charge < -0.3 is 0 Å². The molecule has 0 amide bonds. The van der Waals surface area contributed by atoms with E-state index in [1.165, 1.54) is 10.6 Å². The average Bonchev–Trinajstić information content (AvgIpc) is 2.54. The summed E-state index contributed by atoms with van der Waals surface area (Å²) in [6.07, 6.45) is 3.68. The number of aromatic nitrogens is 3. The first-order chi connectivity index (χ1) is 7.65. The highest BCUT2D eigenvalue weighted by molar-refractivity contribution is 9.10. The van der Waals surface area contributed by atoms with E-state index in [0.29, 0.717) is 0 Å². The smallest absolute Gasteiger partial charge is 0.0942 e. The molecule has 84 valence electrons. The first kappa shape index (κ1) is 11.7. The number of aryl methyl sites for hydroxylation is 2. The van der Waals surface area contributed by atoms with Crippen molar-refractivity contribution in [1.82, 2.24) is 14.8 Å². The molecule has 0 unspecified atom stereocenters. The third-order valence-electron chi connectivity index (χ3n) is 2.11. The zero-order chi connectivity index (χ0) is 11.5. The predicted octanol–water partition coefficient (Wildman–Crippen LogP) is 3.18. The van der Waals surface area contributed by atoms with Gasteiger partial charge in [0.05, 0.1) is 10.7 Å². The molecule has 0 aromatic carbocycles. The van der Waals surface area contributed by atoms with Crippen LogP contribution < -0.4 is 0 Å². The van der Waals surface area contributed by atoms with Crippen LogP contribution >= 0.6 is 27.7 Å². The number of halogens is 1.